The molecule has 1 N–H and O–H groups in total. The Morgan fingerprint density at radius 1 is 1.28 bits per heavy atom. The Labute approximate surface area is 192 Å². The van der Waals surface area contributed by atoms with E-state index in [2.05, 4.69) is 29.4 Å². The summed E-state index contributed by atoms with van der Waals surface area (Å²) in [4.78, 5) is 25.2. The lowest BCUT2D eigenvalue weighted by molar-refractivity contribution is -0.116. The molecule has 0 radical (unpaired) electrons. The van der Waals surface area contributed by atoms with Gasteiger partial charge in [-0.25, -0.2) is 4.39 Å². The number of thiophene rings is 1. The summed E-state index contributed by atoms with van der Waals surface area (Å²) in [6, 6.07) is 5.96. The summed E-state index contributed by atoms with van der Waals surface area (Å²) >= 11 is 7.17. The molecular formula is C22H23ClFN5O2S. The second-order valence-corrected chi connectivity index (χ2v) is 9.38. The van der Waals surface area contributed by atoms with Crippen LogP contribution in [0.2, 0.25) is 5.02 Å². The molecule has 0 bridgehead atoms. The van der Waals surface area contributed by atoms with Crippen molar-refractivity contribution < 1.29 is 9.18 Å². The molecule has 32 heavy (non-hydrogen) atoms. The molecule has 0 aliphatic rings. The summed E-state index contributed by atoms with van der Waals surface area (Å²) in [6.07, 6.45) is 2.18. The van der Waals surface area contributed by atoms with Gasteiger partial charge in [0.1, 0.15) is 16.3 Å². The van der Waals surface area contributed by atoms with Crippen molar-refractivity contribution in [3.8, 4) is 0 Å². The molecule has 4 rings (SSSR count). The van der Waals surface area contributed by atoms with Crippen LogP contribution in [0.5, 0.6) is 0 Å². The molecule has 10 heteroatoms. The zero-order valence-corrected chi connectivity index (χ0v) is 19.3. The van der Waals surface area contributed by atoms with Crippen LogP contribution in [-0.2, 0) is 17.8 Å². The highest BCUT2D eigenvalue weighted by atomic mass is 35.5. The molecule has 0 fully saturated rings. The van der Waals surface area contributed by atoms with Crippen molar-refractivity contribution in [2.45, 2.75) is 46.1 Å². The standard InChI is InChI=1S/C22H23ClFN5O2S/c1-13(2)8-10-28-21(31)20-17(9-11-32-20)29-18(26-27-22(28)29)4-3-5-19(30)25-14-6-7-16(24)15(23)12-14/h6-7,9,11-13H,3-5,8,10H2,1-2H3,(H,25,30). The van der Waals surface area contributed by atoms with Gasteiger partial charge in [-0.1, -0.05) is 25.4 Å². The molecule has 3 aromatic heterocycles. The van der Waals surface area contributed by atoms with Crippen LogP contribution in [0, 0.1) is 11.7 Å². The van der Waals surface area contributed by atoms with E-state index in [9.17, 15) is 14.0 Å². The molecule has 1 aromatic carbocycles. The van der Waals surface area contributed by atoms with Gasteiger partial charge < -0.3 is 5.32 Å². The number of anilines is 1. The predicted molar refractivity (Wildman–Crippen MR) is 125 cm³/mol. The topological polar surface area (TPSA) is 81.3 Å². The van der Waals surface area contributed by atoms with Gasteiger partial charge in [-0.3, -0.25) is 18.6 Å². The molecule has 0 aliphatic heterocycles. The number of carbonyl (C=O) groups is 1. The number of halogens is 2. The molecule has 0 atom stereocenters. The number of fused-ring (bicyclic) bond motifs is 3. The molecule has 3 heterocycles. The number of nitrogens with zero attached hydrogens (tertiary/aromatic N) is 4. The van der Waals surface area contributed by atoms with Crippen LogP contribution in [0.3, 0.4) is 0 Å². The summed E-state index contributed by atoms with van der Waals surface area (Å²) < 4.78 is 17.6. The number of carbonyl (C=O) groups excluding carboxylic acids is 1. The number of hydrogen-bond acceptors (Lipinski definition) is 5. The van der Waals surface area contributed by atoms with Gasteiger partial charge >= 0.3 is 0 Å². The average Bonchev–Trinajstić information content (AvgIpc) is 3.38. The Bertz CT molecular complexity index is 1340. The second kappa shape index (κ2) is 9.38. The molecule has 4 aromatic rings. The van der Waals surface area contributed by atoms with Gasteiger partial charge in [0.25, 0.3) is 5.56 Å². The van der Waals surface area contributed by atoms with Gasteiger partial charge in [0, 0.05) is 25.1 Å². The van der Waals surface area contributed by atoms with Crippen LogP contribution in [-0.4, -0.2) is 25.1 Å². The Morgan fingerprint density at radius 3 is 2.84 bits per heavy atom. The first-order chi connectivity index (χ1) is 15.3. The van der Waals surface area contributed by atoms with E-state index in [1.807, 2.05) is 15.8 Å². The number of amides is 1. The van der Waals surface area contributed by atoms with E-state index in [4.69, 9.17) is 11.6 Å². The zero-order valence-electron chi connectivity index (χ0n) is 17.8. The minimum Gasteiger partial charge on any atom is -0.326 e. The summed E-state index contributed by atoms with van der Waals surface area (Å²) in [6.45, 7) is 4.81. The molecule has 0 aliphatic carbocycles. The van der Waals surface area contributed by atoms with Crippen molar-refractivity contribution in [1.82, 2.24) is 19.2 Å². The monoisotopic (exact) mass is 475 g/mol. The van der Waals surface area contributed by atoms with Crippen molar-refractivity contribution in [2.24, 2.45) is 5.92 Å². The lowest BCUT2D eigenvalue weighted by Gasteiger charge is -2.11. The van der Waals surface area contributed by atoms with Crippen molar-refractivity contribution in [3.05, 3.63) is 56.7 Å². The summed E-state index contributed by atoms with van der Waals surface area (Å²) in [7, 11) is 0. The third kappa shape index (κ3) is 4.54. The van der Waals surface area contributed by atoms with E-state index in [0.717, 1.165) is 11.9 Å². The first-order valence-electron chi connectivity index (χ1n) is 10.4. The highest BCUT2D eigenvalue weighted by molar-refractivity contribution is 7.17. The summed E-state index contributed by atoms with van der Waals surface area (Å²) in [5.74, 6) is 0.963. The highest BCUT2D eigenvalue weighted by Gasteiger charge is 2.18. The maximum Gasteiger partial charge on any atom is 0.272 e. The maximum atomic E-state index is 13.3. The van der Waals surface area contributed by atoms with E-state index in [-0.39, 0.29) is 22.9 Å². The minimum atomic E-state index is -0.532. The first-order valence-corrected chi connectivity index (χ1v) is 11.7. The van der Waals surface area contributed by atoms with Gasteiger partial charge in [-0.05, 0) is 48.4 Å². The van der Waals surface area contributed by atoms with Gasteiger partial charge in [-0.2, -0.15) is 0 Å². The number of rotatable bonds is 8. The van der Waals surface area contributed by atoms with Crippen molar-refractivity contribution >= 4 is 50.5 Å². The van der Waals surface area contributed by atoms with Crippen LogP contribution in [0.4, 0.5) is 10.1 Å². The van der Waals surface area contributed by atoms with E-state index in [1.165, 1.54) is 29.5 Å². The average molecular weight is 476 g/mol. The Balaban J connectivity index is 1.51. The maximum absolute atomic E-state index is 13.3. The quantitative estimate of drug-likeness (QED) is 0.392. The zero-order chi connectivity index (χ0) is 22.8. The summed E-state index contributed by atoms with van der Waals surface area (Å²) in [5, 5.41) is 13.2. The highest BCUT2D eigenvalue weighted by Crippen LogP contribution is 2.22. The number of aromatic nitrogens is 4. The van der Waals surface area contributed by atoms with Crippen LogP contribution in [0.1, 0.15) is 38.9 Å². The molecule has 0 saturated heterocycles. The van der Waals surface area contributed by atoms with Crippen LogP contribution < -0.4 is 10.9 Å². The SMILES string of the molecule is CC(C)CCn1c(=O)c2sccc2n2c(CCCC(=O)Nc3ccc(F)c(Cl)c3)nnc12. The number of benzene rings is 1. The normalized spacial score (nSPS) is 11.7. The lowest BCUT2D eigenvalue weighted by Crippen LogP contribution is -2.23. The fraction of sp³-hybridized carbons (Fsp3) is 0.364. The van der Waals surface area contributed by atoms with Gasteiger partial charge in [0.05, 0.1) is 10.5 Å². The molecule has 7 nitrogen and oxygen atoms in total. The lowest BCUT2D eigenvalue weighted by atomic mass is 10.1. The number of nitrogens with one attached hydrogen (secondary N) is 1. The number of hydrogen-bond donors (Lipinski definition) is 1. The van der Waals surface area contributed by atoms with Crippen LogP contribution >= 0.6 is 22.9 Å². The largest absolute Gasteiger partial charge is 0.326 e. The fourth-order valence-corrected chi connectivity index (χ4v) is 4.54. The second-order valence-electron chi connectivity index (χ2n) is 8.06. The first kappa shape index (κ1) is 22.4. The van der Waals surface area contributed by atoms with E-state index >= 15 is 0 Å². The smallest absolute Gasteiger partial charge is 0.272 e. The third-order valence-electron chi connectivity index (χ3n) is 5.22. The van der Waals surface area contributed by atoms with Crippen LogP contribution in [0.25, 0.3) is 16.0 Å². The molecule has 168 valence electrons. The molecule has 0 unspecified atom stereocenters. The van der Waals surface area contributed by atoms with E-state index in [0.29, 0.717) is 47.3 Å². The van der Waals surface area contributed by atoms with Crippen molar-refractivity contribution in [2.75, 3.05) is 5.32 Å². The molecule has 0 saturated carbocycles. The predicted octanol–water partition coefficient (Wildman–Crippen LogP) is 4.91. The third-order valence-corrected chi connectivity index (χ3v) is 6.40. The Morgan fingerprint density at radius 2 is 2.09 bits per heavy atom. The molecular weight excluding hydrogens is 453 g/mol. The van der Waals surface area contributed by atoms with Crippen molar-refractivity contribution in [3.63, 3.8) is 0 Å². The van der Waals surface area contributed by atoms with E-state index < -0.39 is 5.82 Å². The van der Waals surface area contributed by atoms with E-state index in [1.54, 1.807) is 4.57 Å². The van der Waals surface area contributed by atoms with Gasteiger partial charge in [0.2, 0.25) is 11.7 Å². The fourth-order valence-electron chi connectivity index (χ4n) is 3.54. The minimum absolute atomic E-state index is 0.0407. The van der Waals surface area contributed by atoms with Gasteiger partial charge in [-0.15, -0.1) is 21.5 Å². The molecule has 0 spiro atoms. The van der Waals surface area contributed by atoms with Crippen LogP contribution in [0.15, 0.2) is 34.4 Å². The summed E-state index contributed by atoms with van der Waals surface area (Å²) in [5.41, 5.74) is 1.20. The Hall–Kier alpha value is -2.78. The molecule has 1 amide bonds. The Kier molecular flexibility index (Phi) is 6.57. The number of aryl methyl sites for hydroxylation is 2. The van der Waals surface area contributed by atoms with Crippen molar-refractivity contribution in [1.29, 1.82) is 0 Å². The van der Waals surface area contributed by atoms with Gasteiger partial charge in [0.15, 0.2) is 0 Å².